The number of benzene rings is 4. The van der Waals surface area contributed by atoms with Crippen molar-refractivity contribution in [2.45, 2.75) is 40.5 Å². The first kappa shape index (κ1) is 16.8. The van der Waals surface area contributed by atoms with Crippen molar-refractivity contribution in [1.82, 2.24) is 0 Å². The summed E-state index contributed by atoms with van der Waals surface area (Å²) in [6.07, 6.45) is 2.13. The normalized spacial score (nSPS) is 11.4. The van der Waals surface area contributed by atoms with Gasteiger partial charge in [0.05, 0.1) is 0 Å². The first-order valence-corrected chi connectivity index (χ1v) is 9.67. The zero-order valence-electron chi connectivity index (χ0n) is 16.2. The lowest BCUT2D eigenvalue weighted by Crippen LogP contribution is -1.93. The summed E-state index contributed by atoms with van der Waals surface area (Å²) in [6.45, 7) is 8.95. The van der Waals surface area contributed by atoms with E-state index in [1.54, 1.807) is 0 Å². The van der Waals surface area contributed by atoms with Crippen molar-refractivity contribution >= 4 is 21.5 Å². The average Bonchev–Trinajstić information content (AvgIpc) is 2.68. The maximum Gasteiger partial charge on any atom is -0.00671 e. The van der Waals surface area contributed by atoms with E-state index in [-0.39, 0.29) is 0 Å². The molecule has 0 amide bonds. The third kappa shape index (κ3) is 2.70. The molecule has 130 valence electrons. The predicted molar refractivity (Wildman–Crippen MR) is 115 cm³/mol. The Hall–Kier alpha value is -2.60. The minimum atomic E-state index is 1.07. The van der Waals surface area contributed by atoms with Crippen molar-refractivity contribution in [3.8, 4) is 11.1 Å². The number of rotatable bonds is 3. The van der Waals surface area contributed by atoms with E-state index < -0.39 is 0 Å². The number of aryl methyl sites for hydroxylation is 4. The molecule has 4 aromatic rings. The topological polar surface area (TPSA) is 0 Å². The molecule has 0 aliphatic carbocycles. The molecule has 0 nitrogen and oxygen atoms in total. The van der Waals surface area contributed by atoms with E-state index in [2.05, 4.69) is 88.4 Å². The molecule has 4 aromatic carbocycles. The molecule has 26 heavy (non-hydrogen) atoms. The van der Waals surface area contributed by atoms with Gasteiger partial charge < -0.3 is 0 Å². The highest BCUT2D eigenvalue weighted by molar-refractivity contribution is 6.08. The summed E-state index contributed by atoms with van der Waals surface area (Å²) in [5, 5.41) is 5.40. The smallest absolute Gasteiger partial charge is 0.00671 e. The minimum Gasteiger partial charge on any atom is -0.0613 e. The van der Waals surface area contributed by atoms with Crippen LogP contribution in [0.25, 0.3) is 32.7 Å². The second-order valence-corrected chi connectivity index (χ2v) is 7.33. The molecular weight excluding hydrogens is 312 g/mol. The van der Waals surface area contributed by atoms with Crippen molar-refractivity contribution in [3.05, 3.63) is 82.9 Å². The van der Waals surface area contributed by atoms with Gasteiger partial charge in [-0.3, -0.25) is 0 Å². The number of hydrogen-bond donors (Lipinski definition) is 0. The van der Waals surface area contributed by atoms with E-state index >= 15 is 0 Å². The summed E-state index contributed by atoms with van der Waals surface area (Å²) in [5.41, 5.74) is 8.29. The van der Waals surface area contributed by atoms with Gasteiger partial charge in [-0.1, -0.05) is 74.5 Å². The monoisotopic (exact) mass is 338 g/mol. The molecule has 0 saturated heterocycles. The van der Waals surface area contributed by atoms with Gasteiger partial charge in [-0.05, 0) is 81.6 Å². The van der Waals surface area contributed by atoms with E-state index in [9.17, 15) is 0 Å². The molecule has 0 spiro atoms. The summed E-state index contributed by atoms with van der Waals surface area (Å²) in [4.78, 5) is 0. The number of fused-ring (bicyclic) bond motifs is 2. The van der Waals surface area contributed by atoms with Gasteiger partial charge in [-0.25, -0.2) is 0 Å². The third-order valence-corrected chi connectivity index (χ3v) is 5.66. The highest BCUT2D eigenvalue weighted by Gasteiger charge is 2.14. The second-order valence-electron chi connectivity index (χ2n) is 7.33. The van der Waals surface area contributed by atoms with Crippen LogP contribution in [-0.2, 0) is 12.8 Å². The summed E-state index contributed by atoms with van der Waals surface area (Å²) < 4.78 is 0. The highest BCUT2D eigenvalue weighted by atomic mass is 14.2. The fourth-order valence-electron chi connectivity index (χ4n) is 4.06. The average molecular weight is 338 g/mol. The zero-order valence-corrected chi connectivity index (χ0v) is 16.2. The van der Waals surface area contributed by atoms with Crippen LogP contribution in [0.4, 0.5) is 0 Å². The summed E-state index contributed by atoms with van der Waals surface area (Å²) >= 11 is 0. The largest absolute Gasteiger partial charge is 0.0613 e. The van der Waals surface area contributed by atoms with E-state index in [1.807, 2.05) is 0 Å². The minimum absolute atomic E-state index is 1.07. The van der Waals surface area contributed by atoms with Gasteiger partial charge in [0.1, 0.15) is 0 Å². The summed E-state index contributed by atoms with van der Waals surface area (Å²) in [5.74, 6) is 0. The van der Waals surface area contributed by atoms with E-state index in [0.717, 1.165) is 12.8 Å². The van der Waals surface area contributed by atoms with Crippen molar-refractivity contribution in [2.75, 3.05) is 0 Å². The standard InChI is InChI=1S/C26H26/c1-5-19-9-13-21-11-7-17(3)25(23(21)15-19)26-18(4)8-12-22-14-10-20(6-2)16-24(22)26/h7-16H,5-6H2,1-4H3. The Morgan fingerprint density at radius 2 is 0.923 bits per heavy atom. The van der Waals surface area contributed by atoms with Gasteiger partial charge in [-0.2, -0.15) is 0 Å². The molecule has 0 saturated carbocycles. The first-order chi connectivity index (χ1) is 12.6. The lowest BCUT2D eigenvalue weighted by molar-refractivity contribution is 1.15. The summed E-state index contributed by atoms with van der Waals surface area (Å²) in [6, 6.07) is 22.9. The molecule has 0 atom stereocenters. The molecule has 0 aromatic heterocycles. The maximum absolute atomic E-state index is 2.39. The molecule has 0 N–H and O–H groups in total. The Balaban J connectivity index is 2.16. The van der Waals surface area contributed by atoms with E-state index in [0.29, 0.717) is 0 Å². The van der Waals surface area contributed by atoms with Crippen LogP contribution in [0.15, 0.2) is 60.7 Å². The van der Waals surface area contributed by atoms with Gasteiger partial charge in [0.15, 0.2) is 0 Å². The van der Waals surface area contributed by atoms with Gasteiger partial charge in [0.2, 0.25) is 0 Å². The Kier molecular flexibility index (Phi) is 4.28. The fourth-order valence-corrected chi connectivity index (χ4v) is 4.06. The molecule has 4 rings (SSSR count). The lowest BCUT2D eigenvalue weighted by Gasteiger charge is -2.17. The molecule has 0 heterocycles. The third-order valence-electron chi connectivity index (χ3n) is 5.66. The molecule has 0 heteroatoms. The molecule has 0 aliphatic rings. The van der Waals surface area contributed by atoms with Gasteiger partial charge >= 0.3 is 0 Å². The van der Waals surface area contributed by atoms with E-state index in [1.165, 1.54) is 54.9 Å². The molecule has 0 fully saturated rings. The predicted octanol–water partition coefficient (Wildman–Crippen LogP) is 7.40. The molecule has 0 bridgehead atoms. The number of hydrogen-bond acceptors (Lipinski definition) is 0. The molecule has 0 unspecified atom stereocenters. The van der Waals surface area contributed by atoms with Crippen LogP contribution in [-0.4, -0.2) is 0 Å². The van der Waals surface area contributed by atoms with Gasteiger partial charge in [0, 0.05) is 0 Å². The van der Waals surface area contributed by atoms with Crippen LogP contribution in [0.2, 0.25) is 0 Å². The Labute approximate surface area is 156 Å². The maximum atomic E-state index is 2.39. The van der Waals surface area contributed by atoms with Crippen LogP contribution in [0.1, 0.15) is 36.1 Å². The summed E-state index contributed by atoms with van der Waals surface area (Å²) in [7, 11) is 0. The fraction of sp³-hybridized carbons (Fsp3) is 0.231. The van der Waals surface area contributed by atoms with Crippen LogP contribution in [0.5, 0.6) is 0 Å². The van der Waals surface area contributed by atoms with Crippen LogP contribution < -0.4 is 0 Å². The van der Waals surface area contributed by atoms with Crippen molar-refractivity contribution in [2.24, 2.45) is 0 Å². The quantitative estimate of drug-likeness (QED) is 0.365. The Morgan fingerprint density at radius 1 is 0.538 bits per heavy atom. The zero-order chi connectivity index (χ0) is 18.3. The Bertz CT molecular complexity index is 1020. The van der Waals surface area contributed by atoms with E-state index in [4.69, 9.17) is 0 Å². The highest BCUT2D eigenvalue weighted by Crippen LogP contribution is 2.39. The van der Waals surface area contributed by atoms with Gasteiger partial charge in [0.25, 0.3) is 0 Å². The Morgan fingerprint density at radius 3 is 1.31 bits per heavy atom. The first-order valence-electron chi connectivity index (χ1n) is 9.67. The molecule has 0 aliphatic heterocycles. The van der Waals surface area contributed by atoms with Crippen molar-refractivity contribution < 1.29 is 0 Å². The van der Waals surface area contributed by atoms with Crippen molar-refractivity contribution in [1.29, 1.82) is 0 Å². The van der Waals surface area contributed by atoms with Gasteiger partial charge in [-0.15, -0.1) is 0 Å². The van der Waals surface area contributed by atoms with Crippen LogP contribution in [0.3, 0.4) is 0 Å². The van der Waals surface area contributed by atoms with Crippen molar-refractivity contribution in [3.63, 3.8) is 0 Å². The lowest BCUT2D eigenvalue weighted by atomic mass is 9.86. The molecular formula is C26H26. The van der Waals surface area contributed by atoms with Crippen LogP contribution in [0, 0.1) is 13.8 Å². The SMILES string of the molecule is CCc1ccc2ccc(C)c(-c3c(C)ccc4ccc(CC)cc34)c2c1. The second kappa shape index (κ2) is 6.61. The molecule has 0 radical (unpaired) electrons. The van der Waals surface area contributed by atoms with Crippen LogP contribution >= 0.6 is 0 Å².